The van der Waals surface area contributed by atoms with E-state index in [0.717, 1.165) is 13.1 Å². The maximum atomic E-state index is 4.67. The zero-order valence-electron chi connectivity index (χ0n) is 1.63. The molecule has 0 unspecified atom stereocenters. The SMILES string of the molecule is [Cl][Cu][Cl].[In]. The first-order valence-corrected chi connectivity index (χ1v) is 2.82. The second kappa shape index (κ2) is 8.88. The quantitative estimate of drug-likeness (QED) is 0.562. The summed E-state index contributed by atoms with van der Waals surface area (Å²) >= 11 is 0.757. The van der Waals surface area contributed by atoms with Crippen LogP contribution >= 0.6 is 20.2 Å². The number of halogens is 2. The molecule has 0 fully saturated rings. The first kappa shape index (κ1) is 9.36. The Morgan fingerprint density at radius 1 is 1.25 bits per heavy atom. The van der Waals surface area contributed by atoms with E-state index >= 15 is 0 Å². The molecule has 0 rings (SSSR count). The van der Waals surface area contributed by atoms with Crippen molar-refractivity contribution in [1.29, 1.82) is 0 Å². The Morgan fingerprint density at radius 3 is 1.25 bits per heavy atom. The van der Waals surface area contributed by atoms with Gasteiger partial charge < -0.3 is 0 Å². The van der Waals surface area contributed by atoms with Crippen molar-refractivity contribution in [2.45, 2.75) is 0 Å². The third-order valence-corrected chi connectivity index (χ3v) is 0. The molecule has 4 heteroatoms. The summed E-state index contributed by atoms with van der Waals surface area (Å²) in [6, 6.07) is 0. The molecule has 0 bridgehead atoms. The van der Waals surface area contributed by atoms with Crippen molar-refractivity contribution in [1.82, 2.24) is 0 Å². The van der Waals surface area contributed by atoms with E-state index in [9.17, 15) is 0 Å². The molecule has 0 spiro atoms. The molecule has 0 aliphatic rings. The fourth-order valence-electron chi connectivity index (χ4n) is 0. The molecule has 0 saturated carbocycles. The van der Waals surface area contributed by atoms with Crippen LogP contribution in [0, 0.1) is 0 Å². The van der Waals surface area contributed by atoms with Gasteiger partial charge in [-0.2, -0.15) is 0 Å². The van der Waals surface area contributed by atoms with Gasteiger partial charge in [-0.05, 0) is 0 Å². The van der Waals surface area contributed by atoms with Crippen molar-refractivity contribution in [3.8, 4) is 0 Å². The molecule has 4 heavy (non-hydrogen) atoms. The van der Waals surface area contributed by atoms with Gasteiger partial charge in [-0.3, -0.25) is 0 Å². The minimum atomic E-state index is 0. The predicted molar refractivity (Wildman–Crippen MR) is 17.5 cm³/mol. The van der Waals surface area contributed by atoms with Gasteiger partial charge in [0, 0.05) is 25.8 Å². The summed E-state index contributed by atoms with van der Waals surface area (Å²) in [6.07, 6.45) is 0. The van der Waals surface area contributed by atoms with Gasteiger partial charge in [-0.25, -0.2) is 0 Å². The average Bonchev–Trinajstić information content (AvgIpc) is 0.918. The maximum absolute atomic E-state index is 4.67. The van der Waals surface area contributed by atoms with E-state index in [2.05, 4.69) is 20.2 Å². The summed E-state index contributed by atoms with van der Waals surface area (Å²) in [5.74, 6) is 0. The van der Waals surface area contributed by atoms with Crippen LogP contribution in [0.2, 0.25) is 0 Å². The van der Waals surface area contributed by atoms with Crippen LogP contribution in [0.3, 0.4) is 0 Å². The van der Waals surface area contributed by atoms with Crippen LogP contribution in [-0.2, 0) is 13.1 Å². The predicted octanol–water partition coefficient (Wildman–Crippen LogP) is 0.996. The summed E-state index contributed by atoms with van der Waals surface area (Å²) < 4.78 is 0. The number of hydrogen-bond acceptors (Lipinski definition) is 0. The molecular formula is Cl2CuIn. The summed E-state index contributed by atoms with van der Waals surface area (Å²) in [6.45, 7) is 0. The Labute approximate surface area is 58.6 Å². The molecule has 0 nitrogen and oxygen atoms in total. The Hall–Kier alpha value is 1.97. The van der Waals surface area contributed by atoms with Crippen LogP contribution in [0.15, 0.2) is 0 Å². The van der Waals surface area contributed by atoms with E-state index in [-0.39, 0.29) is 25.8 Å². The molecule has 28 valence electrons. The van der Waals surface area contributed by atoms with Crippen LogP contribution < -0.4 is 0 Å². The van der Waals surface area contributed by atoms with E-state index < -0.39 is 0 Å². The first-order valence-electron chi connectivity index (χ1n) is 0.228. The first-order chi connectivity index (χ1) is 1.41. The molecule has 0 aromatic carbocycles. The molecule has 0 heterocycles. The van der Waals surface area contributed by atoms with E-state index in [1.807, 2.05) is 0 Å². The van der Waals surface area contributed by atoms with E-state index in [0.29, 0.717) is 0 Å². The summed E-state index contributed by atoms with van der Waals surface area (Å²) in [5.41, 5.74) is 0. The van der Waals surface area contributed by atoms with Crippen LogP contribution in [0.4, 0.5) is 0 Å². The monoisotopic (exact) mass is 248 g/mol. The van der Waals surface area contributed by atoms with Crippen molar-refractivity contribution >= 4 is 46.0 Å². The van der Waals surface area contributed by atoms with Crippen molar-refractivity contribution < 1.29 is 13.1 Å². The number of hydrogen-bond donors (Lipinski definition) is 0. The van der Waals surface area contributed by atoms with Crippen LogP contribution in [0.25, 0.3) is 0 Å². The normalized spacial score (nSPS) is 5.50. The fraction of sp³-hybridized carbons (Fsp3) is 0. The minimum Gasteiger partial charge on any atom is 0 e. The van der Waals surface area contributed by atoms with Crippen LogP contribution in [-0.4, -0.2) is 25.8 Å². The van der Waals surface area contributed by atoms with Gasteiger partial charge in [-0.15, -0.1) is 0 Å². The molecule has 0 aromatic heterocycles. The van der Waals surface area contributed by atoms with E-state index in [4.69, 9.17) is 0 Å². The maximum Gasteiger partial charge on any atom is 0 e. The minimum absolute atomic E-state index is 0. The molecule has 0 N–H and O–H groups in total. The van der Waals surface area contributed by atoms with Gasteiger partial charge in [0.2, 0.25) is 0 Å². The summed E-state index contributed by atoms with van der Waals surface area (Å²) in [4.78, 5) is 0. The van der Waals surface area contributed by atoms with Gasteiger partial charge in [-0.1, -0.05) is 0 Å². The molecule has 0 aromatic rings. The Bertz CT molecular complexity index is 6.00. The van der Waals surface area contributed by atoms with E-state index in [1.54, 1.807) is 0 Å². The molecule has 0 amide bonds. The second-order valence-electron chi connectivity index (χ2n) is 0.0431. The van der Waals surface area contributed by atoms with Crippen molar-refractivity contribution in [2.24, 2.45) is 0 Å². The van der Waals surface area contributed by atoms with E-state index in [1.165, 1.54) is 0 Å². The summed E-state index contributed by atoms with van der Waals surface area (Å²) in [5, 5.41) is 0. The van der Waals surface area contributed by atoms with Gasteiger partial charge in [0.25, 0.3) is 0 Å². The van der Waals surface area contributed by atoms with Gasteiger partial charge >= 0.3 is 33.3 Å². The number of rotatable bonds is 0. The molecule has 3 radical (unpaired) electrons. The summed E-state index contributed by atoms with van der Waals surface area (Å²) in [7, 11) is 9.34. The third kappa shape index (κ3) is 9.02. The smallest absolute Gasteiger partial charge is 0 e. The molecular weight excluding hydrogens is 249 g/mol. The zero-order chi connectivity index (χ0) is 2.71. The molecule has 0 saturated heterocycles. The second-order valence-corrected chi connectivity index (χ2v) is 1.60. The Kier molecular flexibility index (Phi) is 20.8. The average molecular weight is 249 g/mol. The fourth-order valence-corrected chi connectivity index (χ4v) is 0. The standard InChI is InChI=1S/2ClH.Cu.In/h2*1H;;/q;;+2;/p-2. The van der Waals surface area contributed by atoms with Crippen LogP contribution in [0.1, 0.15) is 0 Å². The van der Waals surface area contributed by atoms with Gasteiger partial charge in [0.05, 0.1) is 0 Å². The van der Waals surface area contributed by atoms with Crippen molar-refractivity contribution in [3.05, 3.63) is 0 Å². The molecule has 0 atom stereocenters. The largest absolute Gasteiger partial charge is 0 e. The third-order valence-electron chi connectivity index (χ3n) is 0. The molecule has 0 aliphatic carbocycles. The topological polar surface area (TPSA) is 0 Å². The molecule has 0 aliphatic heterocycles. The van der Waals surface area contributed by atoms with Crippen LogP contribution in [0.5, 0.6) is 0 Å². The zero-order valence-corrected chi connectivity index (χ0v) is 7.38. The van der Waals surface area contributed by atoms with Gasteiger partial charge in [0.15, 0.2) is 0 Å². The van der Waals surface area contributed by atoms with Crippen molar-refractivity contribution in [2.75, 3.05) is 0 Å². The van der Waals surface area contributed by atoms with Gasteiger partial charge in [0.1, 0.15) is 0 Å². The Morgan fingerprint density at radius 2 is 1.25 bits per heavy atom. The van der Waals surface area contributed by atoms with Crippen molar-refractivity contribution in [3.63, 3.8) is 0 Å². The Balaban J connectivity index is 0.